The number of carbonyl (C=O) groups is 1. The van der Waals surface area contributed by atoms with Crippen LogP contribution in [-0.2, 0) is 10.2 Å². The van der Waals surface area contributed by atoms with Gasteiger partial charge in [0.05, 0.1) is 6.04 Å². The molecule has 1 heterocycles. The Hall–Kier alpha value is -1.61. The third-order valence-corrected chi connectivity index (χ3v) is 6.74. The first kappa shape index (κ1) is 16.8. The Labute approximate surface area is 151 Å². The lowest BCUT2D eigenvalue weighted by Crippen LogP contribution is -2.47. The highest BCUT2D eigenvalue weighted by atomic mass is 16.1. The molecule has 1 aliphatic heterocycles. The minimum atomic E-state index is 0.0787. The standard InChI is InChI=1S/C22H30N2O/c1-16-6-5-7-18(14-16)24-12-10-22(11-13-24)15-21(23-17(2)25)19-8-3-4-9-20(19)22/h3-4,8-9,18,21H,1,5-7,10-15H2,2H3,(H,23,25)/t18-,21-/m0/s1. The minimum absolute atomic E-state index is 0.0787. The Morgan fingerprint density at radius 1 is 1.28 bits per heavy atom. The second-order valence-corrected chi connectivity index (χ2v) is 8.36. The number of nitrogens with zero attached hydrogens (tertiary/aromatic N) is 1. The number of amides is 1. The number of piperidine rings is 1. The highest BCUT2D eigenvalue weighted by molar-refractivity contribution is 5.73. The van der Waals surface area contributed by atoms with E-state index in [-0.39, 0.29) is 17.4 Å². The summed E-state index contributed by atoms with van der Waals surface area (Å²) in [6.07, 6.45) is 8.54. The van der Waals surface area contributed by atoms with Crippen molar-refractivity contribution < 1.29 is 4.79 Å². The molecule has 1 saturated heterocycles. The first-order valence-corrected chi connectivity index (χ1v) is 9.85. The zero-order chi connectivity index (χ0) is 17.4. The van der Waals surface area contributed by atoms with Crippen LogP contribution in [0, 0.1) is 0 Å². The molecule has 2 aliphatic carbocycles. The first-order valence-electron chi connectivity index (χ1n) is 9.85. The molecule has 0 bridgehead atoms. The first-order chi connectivity index (χ1) is 12.1. The van der Waals surface area contributed by atoms with Gasteiger partial charge in [-0.05, 0) is 69.2 Å². The van der Waals surface area contributed by atoms with E-state index in [1.807, 2.05) is 0 Å². The van der Waals surface area contributed by atoms with Crippen LogP contribution in [0.15, 0.2) is 36.4 Å². The van der Waals surface area contributed by atoms with Gasteiger partial charge in [0.1, 0.15) is 0 Å². The molecule has 3 nitrogen and oxygen atoms in total. The van der Waals surface area contributed by atoms with E-state index in [0.717, 1.165) is 6.42 Å². The van der Waals surface area contributed by atoms with Crippen molar-refractivity contribution in [2.75, 3.05) is 13.1 Å². The lowest BCUT2D eigenvalue weighted by molar-refractivity contribution is -0.119. The lowest BCUT2D eigenvalue weighted by Gasteiger charge is -2.44. The Morgan fingerprint density at radius 3 is 2.76 bits per heavy atom. The van der Waals surface area contributed by atoms with Gasteiger partial charge in [0.25, 0.3) is 0 Å². The summed E-state index contributed by atoms with van der Waals surface area (Å²) in [5.74, 6) is 0.0787. The van der Waals surface area contributed by atoms with Gasteiger partial charge in [0.15, 0.2) is 0 Å². The highest BCUT2D eigenvalue weighted by Gasteiger charge is 2.46. The van der Waals surface area contributed by atoms with Crippen molar-refractivity contribution in [1.82, 2.24) is 10.2 Å². The monoisotopic (exact) mass is 338 g/mol. The summed E-state index contributed by atoms with van der Waals surface area (Å²) in [5, 5.41) is 3.19. The molecule has 3 aliphatic rings. The van der Waals surface area contributed by atoms with Crippen LogP contribution in [0.1, 0.15) is 69.0 Å². The van der Waals surface area contributed by atoms with Crippen molar-refractivity contribution in [2.24, 2.45) is 0 Å². The Morgan fingerprint density at radius 2 is 2.04 bits per heavy atom. The molecule has 1 aromatic rings. The zero-order valence-corrected chi connectivity index (χ0v) is 15.4. The van der Waals surface area contributed by atoms with E-state index in [2.05, 4.69) is 41.1 Å². The van der Waals surface area contributed by atoms with Crippen molar-refractivity contribution in [1.29, 1.82) is 0 Å². The van der Waals surface area contributed by atoms with E-state index < -0.39 is 0 Å². The fraction of sp³-hybridized carbons (Fsp3) is 0.591. The minimum Gasteiger partial charge on any atom is -0.349 e. The van der Waals surface area contributed by atoms with Crippen LogP contribution in [0.25, 0.3) is 0 Å². The van der Waals surface area contributed by atoms with Crippen LogP contribution >= 0.6 is 0 Å². The Kier molecular flexibility index (Phi) is 4.45. The number of hydrogen-bond acceptors (Lipinski definition) is 2. The molecule has 0 aromatic heterocycles. The second kappa shape index (κ2) is 6.60. The summed E-state index contributed by atoms with van der Waals surface area (Å²) in [4.78, 5) is 14.4. The molecule has 1 saturated carbocycles. The van der Waals surface area contributed by atoms with Crippen LogP contribution < -0.4 is 5.32 Å². The van der Waals surface area contributed by atoms with Crippen LogP contribution in [0.4, 0.5) is 0 Å². The summed E-state index contributed by atoms with van der Waals surface area (Å²) in [6.45, 7) is 8.22. The topological polar surface area (TPSA) is 32.3 Å². The van der Waals surface area contributed by atoms with Gasteiger partial charge in [-0.25, -0.2) is 0 Å². The van der Waals surface area contributed by atoms with Crippen molar-refractivity contribution in [2.45, 2.75) is 69.4 Å². The summed E-state index contributed by atoms with van der Waals surface area (Å²) < 4.78 is 0. The Bertz CT molecular complexity index is 672. The quantitative estimate of drug-likeness (QED) is 0.824. The molecule has 134 valence electrons. The van der Waals surface area contributed by atoms with E-state index >= 15 is 0 Å². The molecule has 1 amide bonds. The summed E-state index contributed by atoms with van der Waals surface area (Å²) in [7, 11) is 0. The second-order valence-electron chi connectivity index (χ2n) is 8.36. The third kappa shape index (κ3) is 3.15. The van der Waals surface area contributed by atoms with Gasteiger partial charge in [0, 0.05) is 18.4 Å². The zero-order valence-electron chi connectivity index (χ0n) is 15.4. The van der Waals surface area contributed by atoms with E-state index in [9.17, 15) is 4.79 Å². The molecule has 0 radical (unpaired) electrons. The molecule has 1 spiro atoms. The number of benzene rings is 1. The van der Waals surface area contributed by atoms with Crippen molar-refractivity contribution in [3.63, 3.8) is 0 Å². The van der Waals surface area contributed by atoms with Gasteiger partial charge in [-0.15, -0.1) is 0 Å². The molecule has 1 aromatic carbocycles. The highest BCUT2D eigenvalue weighted by Crippen LogP contribution is 2.51. The largest absolute Gasteiger partial charge is 0.349 e. The maximum absolute atomic E-state index is 11.6. The normalized spacial score (nSPS) is 28.8. The maximum atomic E-state index is 11.6. The van der Waals surface area contributed by atoms with Crippen molar-refractivity contribution in [3.8, 4) is 0 Å². The Balaban J connectivity index is 1.50. The van der Waals surface area contributed by atoms with Crippen LogP contribution in [0.3, 0.4) is 0 Å². The fourth-order valence-corrected chi connectivity index (χ4v) is 5.50. The van der Waals surface area contributed by atoms with Crippen molar-refractivity contribution in [3.05, 3.63) is 47.5 Å². The molecule has 1 N–H and O–H groups in total. The number of carbonyl (C=O) groups excluding carboxylic acids is 1. The van der Waals surface area contributed by atoms with Gasteiger partial charge in [-0.3, -0.25) is 4.79 Å². The SMILES string of the molecule is C=C1CCC[C@H](N2CCC3(CC2)C[C@H](NC(C)=O)c2ccccc23)C1. The molecular formula is C22H30N2O. The predicted molar refractivity (Wildman–Crippen MR) is 101 cm³/mol. The average Bonchev–Trinajstić information content (AvgIpc) is 2.89. The van der Waals surface area contributed by atoms with E-state index in [0.29, 0.717) is 6.04 Å². The maximum Gasteiger partial charge on any atom is 0.217 e. The molecule has 4 rings (SSSR count). The molecule has 3 heteroatoms. The van der Waals surface area contributed by atoms with E-state index in [4.69, 9.17) is 0 Å². The molecule has 2 fully saturated rings. The van der Waals surface area contributed by atoms with Crippen LogP contribution in [0.2, 0.25) is 0 Å². The molecular weight excluding hydrogens is 308 g/mol. The van der Waals surface area contributed by atoms with Gasteiger partial charge in [0.2, 0.25) is 5.91 Å². The van der Waals surface area contributed by atoms with Crippen LogP contribution in [-0.4, -0.2) is 29.9 Å². The third-order valence-electron chi connectivity index (χ3n) is 6.74. The molecule has 2 atom stereocenters. The fourth-order valence-electron chi connectivity index (χ4n) is 5.50. The smallest absolute Gasteiger partial charge is 0.217 e. The number of nitrogens with one attached hydrogen (secondary N) is 1. The van der Waals surface area contributed by atoms with E-state index in [1.54, 1.807) is 6.92 Å². The van der Waals surface area contributed by atoms with Crippen LogP contribution in [0.5, 0.6) is 0 Å². The van der Waals surface area contributed by atoms with Gasteiger partial charge >= 0.3 is 0 Å². The van der Waals surface area contributed by atoms with Crippen molar-refractivity contribution >= 4 is 5.91 Å². The van der Waals surface area contributed by atoms with Gasteiger partial charge < -0.3 is 10.2 Å². The molecule has 0 unspecified atom stereocenters. The lowest BCUT2D eigenvalue weighted by atomic mass is 9.73. The summed E-state index contributed by atoms with van der Waals surface area (Å²) in [6, 6.07) is 9.68. The van der Waals surface area contributed by atoms with E-state index in [1.165, 1.54) is 68.3 Å². The number of likely N-dealkylation sites (tertiary alicyclic amines) is 1. The molecule has 25 heavy (non-hydrogen) atoms. The average molecular weight is 338 g/mol. The number of hydrogen-bond donors (Lipinski definition) is 1. The number of rotatable bonds is 2. The summed E-state index contributed by atoms with van der Waals surface area (Å²) in [5.41, 5.74) is 4.53. The predicted octanol–water partition coefficient (Wildman–Crippen LogP) is 4.10. The van der Waals surface area contributed by atoms with Gasteiger partial charge in [-0.2, -0.15) is 0 Å². The number of fused-ring (bicyclic) bond motifs is 2. The van der Waals surface area contributed by atoms with Gasteiger partial charge in [-0.1, -0.05) is 36.4 Å². The summed E-state index contributed by atoms with van der Waals surface area (Å²) >= 11 is 0.